The minimum atomic E-state index is 0.515. The van der Waals surface area contributed by atoms with Crippen LogP contribution in [0.15, 0.2) is 30.3 Å². The van der Waals surface area contributed by atoms with Gasteiger partial charge in [-0.3, -0.25) is 0 Å². The fraction of sp³-hybridized carbons (Fsp3) is 0.600. The summed E-state index contributed by atoms with van der Waals surface area (Å²) in [5.74, 6) is 0. The zero-order chi connectivity index (χ0) is 11.6. The summed E-state index contributed by atoms with van der Waals surface area (Å²) >= 11 is 0. The molecule has 1 fully saturated rings. The average Bonchev–Trinajstić information content (AvgIpc) is 2.87. The van der Waals surface area contributed by atoms with Crippen molar-refractivity contribution in [2.24, 2.45) is 5.41 Å². The molecule has 1 aromatic rings. The highest BCUT2D eigenvalue weighted by Gasteiger charge is 2.46. The predicted octanol–water partition coefficient (Wildman–Crippen LogP) is 3.92. The van der Waals surface area contributed by atoms with Crippen LogP contribution in [0.2, 0.25) is 0 Å². The molecule has 2 unspecified atom stereocenters. The maximum Gasteiger partial charge on any atom is 0.0322 e. The lowest BCUT2D eigenvalue weighted by molar-refractivity contribution is 0.446. The first-order valence-corrected chi connectivity index (χ1v) is 6.44. The SMILES string of the molecule is CCCC(NC1CC1(C)C)c1ccccc1. The van der Waals surface area contributed by atoms with E-state index < -0.39 is 0 Å². The molecule has 0 radical (unpaired) electrons. The third-order valence-corrected chi connectivity index (χ3v) is 3.70. The van der Waals surface area contributed by atoms with Crippen LogP contribution in [0.1, 0.15) is 51.6 Å². The average molecular weight is 217 g/mol. The van der Waals surface area contributed by atoms with E-state index >= 15 is 0 Å². The Kier molecular flexibility index (Phi) is 3.34. The van der Waals surface area contributed by atoms with Gasteiger partial charge in [-0.05, 0) is 23.8 Å². The number of rotatable bonds is 5. The highest BCUT2D eigenvalue weighted by atomic mass is 15.0. The van der Waals surface area contributed by atoms with E-state index in [0.29, 0.717) is 17.5 Å². The molecule has 0 amide bonds. The van der Waals surface area contributed by atoms with E-state index in [4.69, 9.17) is 0 Å². The van der Waals surface area contributed by atoms with Crippen LogP contribution in [-0.2, 0) is 0 Å². The third kappa shape index (κ3) is 2.65. The number of benzene rings is 1. The lowest BCUT2D eigenvalue weighted by Gasteiger charge is -2.19. The first-order chi connectivity index (χ1) is 7.63. The molecule has 0 heterocycles. The second-order valence-corrected chi connectivity index (χ2v) is 5.66. The maximum absolute atomic E-state index is 3.80. The molecule has 16 heavy (non-hydrogen) atoms. The molecule has 2 rings (SSSR count). The number of hydrogen-bond donors (Lipinski definition) is 1. The van der Waals surface area contributed by atoms with E-state index in [0.717, 1.165) is 0 Å². The summed E-state index contributed by atoms with van der Waals surface area (Å²) in [4.78, 5) is 0. The van der Waals surface area contributed by atoms with E-state index in [1.807, 2.05) is 0 Å². The maximum atomic E-state index is 3.80. The molecule has 1 aliphatic rings. The van der Waals surface area contributed by atoms with Crippen molar-refractivity contribution in [3.05, 3.63) is 35.9 Å². The predicted molar refractivity (Wildman–Crippen MR) is 69.4 cm³/mol. The Hall–Kier alpha value is -0.820. The Labute approximate surface area is 99.3 Å². The van der Waals surface area contributed by atoms with Gasteiger partial charge in [0, 0.05) is 12.1 Å². The fourth-order valence-electron chi connectivity index (χ4n) is 2.31. The van der Waals surface area contributed by atoms with Crippen molar-refractivity contribution >= 4 is 0 Å². The molecule has 1 N–H and O–H groups in total. The van der Waals surface area contributed by atoms with Crippen molar-refractivity contribution in [2.75, 3.05) is 0 Å². The van der Waals surface area contributed by atoms with Crippen LogP contribution < -0.4 is 5.32 Å². The zero-order valence-corrected chi connectivity index (χ0v) is 10.7. The van der Waals surface area contributed by atoms with Crippen LogP contribution in [0.4, 0.5) is 0 Å². The quantitative estimate of drug-likeness (QED) is 0.788. The summed E-state index contributed by atoms with van der Waals surface area (Å²) in [6, 6.07) is 12.1. The van der Waals surface area contributed by atoms with E-state index in [2.05, 4.69) is 56.4 Å². The molecule has 88 valence electrons. The van der Waals surface area contributed by atoms with Gasteiger partial charge in [0.05, 0.1) is 0 Å². The van der Waals surface area contributed by atoms with Gasteiger partial charge < -0.3 is 5.32 Å². The smallest absolute Gasteiger partial charge is 0.0322 e. The van der Waals surface area contributed by atoms with E-state index in [-0.39, 0.29) is 0 Å². The number of hydrogen-bond acceptors (Lipinski definition) is 1. The van der Waals surface area contributed by atoms with E-state index in [1.165, 1.54) is 24.8 Å². The van der Waals surface area contributed by atoms with Gasteiger partial charge in [0.1, 0.15) is 0 Å². The second-order valence-electron chi connectivity index (χ2n) is 5.66. The zero-order valence-electron chi connectivity index (χ0n) is 10.7. The Morgan fingerprint density at radius 3 is 2.44 bits per heavy atom. The fourth-order valence-corrected chi connectivity index (χ4v) is 2.31. The van der Waals surface area contributed by atoms with Crippen molar-refractivity contribution in [1.29, 1.82) is 0 Å². The lowest BCUT2D eigenvalue weighted by Crippen LogP contribution is -2.26. The first kappa shape index (κ1) is 11.7. The largest absolute Gasteiger partial charge is 0.307 e. The standard InChI is InChI=1S/C15H23N/c1-4-8-13(12-9-6-5-7-10-12)16-14-11-15(14,2)3/h5-7,9-10,13-14,16H,4,8,11H2,1-3H3. The molecule has 0 saturated heterocycles. The molecule has 1 aliphatic carbocycles. The van der Waals surface area contributed by atoms with Crippen molar-refractivity contribution in [2.45, 2.75) is 52.1 Å². The Morgan fingerprint density at radius 1 is 1.31 bits per heavy atom. The van der Waals surface area contributed by atoms with Gasteiger partial charge >= 0.3 is 0 Å². The van der Waals surface area contributed by atoms with Crippen LogP contribution in [0.25, 0.3) is 0 Å². The van der Waals surface area contributed by atoms with Gasteiger partial charge in [-0.25, -0.2) is 0 Å². The summed E-state index contributed by atoms with van der Waals surface area (Å²) in [7, 11) is 0. The van der Waals surface area contributed by atoms with Crippen LogP contribution in [0.5, 0.6) is 0 Å². The topological polar surface area (TPSA) is 12.0 Å². The molecule has 0 spiro atoms. The van der Waals surface area contributed by atoms with E-state index in [1.54, 1.807) is 0 Å². The third-order valence-electron chi connectivity index (χ3n) is 3.70. The summed E-state index contributed by atoms with van der Waals surface area (Å²) in [6.07, 6.45) is 3.79. The van der Waals surface area contributed by atoms with Crippen molar-refractivity contribution in [3.63, 3.8) is 0 Å². The van der Waals surface area contributed by atoms with Crippen LogP contribution in [0, 0.1) is 5.41 Å². The molecule has 0 bridgehead atoms. The minimum Gasteiger partial charge on any atom is -0.307 e. The first-order valence-electron chi connectivity index (χ1n) is 6.44. The highest BCUT2D eigenvalue weighted by Crippen LogP contribution is 2.46. The summed E-state index contributed by atoms with van der Waals surface area (Å²) in [6.45, 7) is 6.95. The Bertz CT molecular complexity index is 329. The van der Waals surface area contributed by atoms with Crippen molar-refractivity contribution in [1.82, 2.24) is 5.32 Å². The molecule has 0 aromatic heterocycles. The molecular weight excluding hydrogens is 194 g/mol. The van der Waals surface area contributed by atoms with Gasteiger partial charge in [0.25, 0.3) is 0 Å². The number of nitrogens with one attached hydrogen (secondary N) is 1. The normalized spacial score (nSPS) is 24.1. The molecule has 0 aliphatic heterocycles. The Morgan fingerprint density at radius 2 is 1.94 bits per heavy atom. The summed E-state index contributed by atoms with van der Waals surface area (Å²) in [5.41, 5.74) is 1.95. The van der Waals surface area contributed by atoms with Gasteiger partial charge in [0.2, 0.25) is 0 Å². The molecule has 1 aromatic carbocycles. The van der Waals surface area contributed by atoms with Crippen molar-refractivity contribution in [3.8, 4) is 0 Å². The molecule has 1 nitrogen and oxygen atoms in total. The summed E-state index contributed by atoms with van der Waals surface area (Å²) < 4.78 is 0. The highest BCUT2D eigenvalue weighted by molar-refractivity contribution is 5.20. The summed E-state index contributed by atoms with van der Waals surface area (Å²) in [5, 5.41) is 3.80. The van der Waals surface area contributed by atoms with E-state index in [9.17, 15) is 0 Å². The monoisotopic (exact) mass is 217 g/mol. The molecule has 1 heteroatoms. The van der Waals surface area contributed by atoms with Crippen LogP contribution in [0.3, 0.4) is 0 Å². The van der Waals surface area contributed by atoms with Gasteiger partial charge in [-0.1, -0.05) is 57.5 Å². The van der Waals surface area contributed by atoms with Gasteiger partial charge in [0.15, 0.2) is 0 Å². The van der Waals surface area contributed by atoms with Gasteiger partial charge in [-0.15, -0.1) is 0 Å². The van der Waals surface area contributed by atoms with Crippen molar-refractivity contribution < 1.29 is 0 Å². The Balaban J connectivity index is 2.01. The molecular formula is C15H23N. The minimum absolute atomic E-state index is 0.515. The van der Waals surface area contributed by atoms with Crippen LogP contribution >= 0.6 is 0 Å². The van der Waals surface area contributed by atoms with Gasteiger partial charge in [-0.2, -0.15) is 0 Å². The molecule has 2 atom stereocenters. The van der Waals surface area contributed by atoms with Crippen LogP contribution in [-0.4, -0.2) is 6.04 Å². The lowest BCUT2D eigenvalue weighted by atomic mass is 10.0. The second kappa shape index (κ2) is 4.58. The molecule has 1 saturated carbocycles.